The molecule has 0 spiro atoms. The summed E-state index contributed by atoms with van der Waals surface area (Å²) in [5.41, 5.74) is 0.239. The lowest BCUT2D eigenvalue weighted by atomic mass is 10.2. The fourth-order valence-corrected chi connectivity index (χ4v) is 2.15. The highest BCUT2D eigenvalue weighted by molar-refractivity contribution is 6.32. The highest BCUT2D eigenvalue weighted by atomic mass is 35.5. The van der Waals surface area contributed by atoms with Crippen molar-refractivity contribution in [1.29, 1.82) is 0 Å². The van der Waals surface area contributed by atoms with Gasteiger partial charge in [-0.1, -0.05) is 17.7 Å². The zero-order valence-corrected chi connectivity index (χ0v) is 14.6. The predicted octanol–water partition coefficient (Wildman–Crippen LogP) is 3.89. The number of nitrogens with zero attached hydrogens (tertiary/aromatic N) is 1. The van der Waals surface area contributed by atoms with Crippen LogP contribution in [0.25, 0.3) is 6.08 Å². The summed E-state index contributed by atoms with van der Waals surface area (Å²) in [5.74, 6) is 0.767. The van der Waals surface area contributed by atoms with Crippen LogP contribution in [0.15, 0.2) is 48.5 Å². The number of esters is 1. The fraction of sp³-hybridized carbons (Fsp3) is 0.167. The molecule has 0 heterocycles. The smallest absolute Gasteiger partial charge is 0.330 e. The van der Waals surface area contributed by atoms with Crippen LogP contribution in [-0.2, 0) is 9.53 Å². The van der Waals surface area contributed by atoms with Gasteiger partial charge in [0.1, 0.15) is 29.7 Å². The first-order valence-electron chi connectivity index (χ1n) is 7.55. The largest absolute Gasteiger partial charge is 0.497 e. The van der Waals surface area contributed by atoms with Gasteiger partial charge in [0.2, 0.25) is 0 Å². The van der Waals surface area contributed by atoms with Gasteiger partial charge < -0.3 is 14.2 Å². The molecule has 2 rings (SSSR count). The Morgan fingerprint density at radius 2 is 1.85 bits per heavy atom. The van der Waals surface area contributed by atoms with Crippen molar-refractivity contribution in [2.24, 2.45) is 0 Å². The van der Waals surface area contributed by atoms with Crippen molar-refractivity contribution in [3.05, 3.63) is 69.2 Å². The first kappa shape index (κ1) is 19.3. The maximum absolute atomic E-state index is 11.7. The molecule has 2 aromatic carbocycles. The van der Waals surface area contributed by atoms with E-state index in [0.717, 1.165) is 5.75 Å². The van der Waals surface area contributed by atoms with Crippen LogP contribution in [0.5, 0.6) is 11.5 Å². The van der Waals surface area contributed by atoms with Crippen LogP contribution in [-0.4, -0.2) is 31.2 Å². The first-order chi connectivity index (χ1) is 12.5. The normalized spacial score (nSPS) is 10.5. The van der Waals surface area contributed by atoms with Crippen LogP contribution in [0.4, 0.5) is 5.69 Å². The summed E-state index contributed by atoms with van der Waals surface area (Å²) >= 11 is 5.73. The Labute approximate surface area is 154 Å². The minimum Gasteiger partial charge on any atom is -0.497 e. The second kappa shape index (κ2) is 9.43. The minimum atomic E-state index is -0.589. The monoisotopic (exact) mass is 377 g/mol. The van der Waals surface area contributed by atoms with Gasteiger partial charge in [0, 0.05) is 12.1 Å². The second-order valence-electron chi connectivity index (χ2n) is 4.99. The van der Waals surface area contributed by atoms with Gasteiger partial charge in [-0.05, 0) is 42.0 Å². The van der Waals surface area contributed by atoms with Crippen LogP contribution in [0.1, 0.15) is 5.56 Å². The van der Waals surface area contributed by atoms with Gasteiger partial charge in [-0.3, -0.25) is 10.1 Å². The molecule has 0 saturated carbocycles. The highest BCUT2D eigenvalue weighted by Gasteiger charge is 2.11. The topological polar surface area (TPSA) is 87.9 Å². The van der Waals surface area contributed by atoms with Crippen LogP contribution < -0.4 is 9.47 Å². The molecule has 0 fully saturated rings. The van der Waals surface area contributed by atoms with Gasteiger partial charge >= 0.3 is 5.97 Å². The number of hydrogen-bond acceptors (Lipinski definition) is 6. The van der Waals surface area contributed by atoms with Gasteiger partial charge in [0.15, 0.2) is 0 Å². The van der Waals surface area contributed by atoms with Crippen molar-refractivity contribution in [2.75, 3.05) is 20.3 Å². The molecular formula is C18H16ClNO6. The molecule has 0 aromatic heterocycles. The summed E-state index contributed by atoms with van der Waals surface area (Å²) in [4.78, 5) is 21.9. The van der Waals surface area contributed by atoms with E-state index in [0.29, 0.717) is 11.3 Å². The Kier molecular flexibility index (Phi) is 6.99. The Morgan fingerprint density at radius 3 is 2.50 bits per heavy atom. The molecule has 136 valence electrons. The molecule has 0 saturated heterocycles. The predicted molar refractivity (Wildman–Crippen MR) is 96.6 cm³/mol. The van der Waals surface area contributed by atoms with Gasteiger partial charge in [-0.2, -0.15) is 0 Å². The number of carbonyl (C=O) groups is 1. The Bertz CT molecular complexity index is 804. The van der Waals surface area contributed by atoms with E-state index in [-0.39, 0.29) is 23.9 Å². The molecule has 2 aromatic rings. The SMILES string of the molecule is COc1ccc(OCCOC(=O)/C=C/c2ccc(Cl)c([N+](=O)[O-])c2)cc1. The molecule has 0 radical (unpaired) electrons. The van der Waals surface area contributed by atoms with Crippen LogP contribution >= 0.6 is 11.6 Å². The van der Waals surface area contributed by atoms with Crippen molar-refractivity contribution in [2.45, 2.75) is 0 Å². The minimum absolute atomic E-state index is 0.0328. The Morgan fingerprint density at radius 1 is 1.15 bits per heavy atom. The highest BCUT2D eigenvalue weighted by Crippen LogP contribution is 2.25. The summed E-state index contributed by atoms with van der Waals surface area (Å²) in [6.07, 6.45) is 2.59. The van der Waals surface area contributed by atoms with Crippen LogP contribution in [0.2, 0.25) is 5.02 Å². The van der Waals surface area contributed by atoms with E-state index in [9.17, 15) is 14.9 Å². The number of benzene rings is 2. The van der Waals surface area contributed by atoms with Gasteiger partial charge in [-0.25, -0.2) is 4.79 Å². The molecule has 0 aliphatic heterocycles. The molecule has 0 amide bonds. The fourth-order valence-electron chi connectivity index (χ4n) is 1.96. The molecule has 0 aliphatic rings. The van der Waals surface area contributed by atoms with E-state index >= 15 is 0 Å². The van der Waals surface area contributed by atoms with E-state index in [1.165, 1.54) is 24.3 Å². The molecule has 0 N–H and O–H groups in total. The molecule has 26 heavy (non-hydrogen) atoms. The second-order valence-corrected chi connectivity index (χ2v) is 5.40. The molecule has 0 atom stereocenters. The number of ether oxygens (including phenoxy) is 3. The van der Waals surface area contributed by atoms with E-state index in [1.54, 1.807) is 37.4 Å². The summed E-state index contributed by atoms with van der Waals surface area (Å²) in [6, 6.07) is 11.2. The maximum Gasteiger partial charge on any atom is 0.330 e. The molecule has 0 bridgehead atoms. The Balaban J connectivity index is 1.78. The molecule has 0 unspecified atom stereocenters. The number of nitro groups is 1. The average Bonchev–Trinajstić information content (AvgIpc) is 2.64. The molecule has 7 nitrogen and oxygen atoms in total. The zero-order chi connectivity index (χ0) is 18.9. The third-order valence-corrected chi connectivity index (χ3v) is 3.55. The number of rotatable bonds is 8. The molecular weight excluding hydrogens is 362 g/mol. The van der Waals surface area contributed by atoms with E-state index < -0.39 is 10.9 Å². The number of nitro benzene ring substituents is 1. The van der Waals surface area contributed by atoms with Crippen LogP contribution in [0.3, 0.4) is 0 Å². The number of halogens is 1. The van der Waals surface area contributed by atoms with Crippen LogP contribution in [0, 0.1) is 10.1 Å². The quantitative estimate of drug-likeness (QED) is 0.228. The van der Waals surface area contributed by atoms with E-state index in [2.05, 4.69) is 0 Å². The summed E-state index contributed by atoms with van der Waals surface area (Å²) < 4.78 is 15.5. The van der Waals surface area contributed by atoms with Gasteiger partial charge in [0.05, 0.1) is 12.0 Å². The third-order valence-electron chi connectivity index (χ3n) is 3.23. The average molecular weight is 378 g/mol. The standard InChI is InChI=1S/C18H16ClNO6/c1-24-14-4-6-15(7-5-14)25-10-11-26-18(21)9-3-13-2-8-16(19)17(12-13)20(22)23/h2-9,12H,10-11H2,1H3/b9-3+. The Hall–Kier alpha value is -3.06. The van der Waals surface area contributed by atoms with Crippen molar-refractivity contribution in [1.82, 2.24) is 0 Å². The molecule has 8 heteroatoms. The lowest BCUT2D eigenvalue weighted by Crippen LogP contribution is -2.10. The maximum atomic E-state index is 11.7. The van der Waals surface area contributed by atoms with Crippen molar-refractivity contribution in [3.8, 4) is 11.5 Å². The summed E-state index contributed by atoms with van der Waals surface area (Å²) in [6.45, 7) is 0.258. The third kappa shape index (κ3) is 5.78. The lowest BCUT2D eigenvalue weighted by molar-refractivity contribution is -0.384. The summed E-state index contributed by atoms with van der Waals surface area (Å²) in [7, 11) is 1.57. The van der Waals surface area contributed by atoms with Gasteiger partial charge in [0.25, 0.3) is 5.69 Å². The zero-order valence-electron chi connectivity index (χ0n) is 13.9. The van der Waals surface area contributed by atoms with Crippen molar-refractivity contribution >= 4 is 29.3 Å². The van der Waals surface area contributed by atoms with Crippen molar-refractivity contribution in [3.63, 3.8) is 0 Å². The number of carbonyl (C=O) groups excluding carboxylic acids is 1. The number of hydrogen-bond donors (Lipinski definition) is 0. The van der Waals surface area contributed by atoms with Gasteiger partial charge in [-0.15, -0.1) is 0 Å². The van der Waals surface area contributed by atoms with E-state index in [1.807, 2.05) is 0 Å². The molecule has 0 aliphatic carbocycles. The summed E-state index contributed by atoms with van der Waals surface area (Å²) in [5, 5.41) is 10.9. The van der Waals surface area contributed by atoms with E-state index in [4.69, 9.17) is 25.8 Å². The van der Waals surface area contributed by atoms with Crippen molar-refractivity contribution < 1.29 is 23.9 Å². The first-order valence-corrected chi connectivity index (χ1v) is 7.93. The number of methoxy groups -OCH3 is 1. The lowest BCUT2D eigenvalue weighted by Gasteiger charge is -2.07.